The molecule has 8 rings (SSSR count). The molecule has 64 heavy (non-hydrogen) atoms. The molecule has 0 spiro atoms. The monoisotopic (exact) mass is 1000 g/mol. The van der Waals surface area contributed by atoms with Crippen LogP contribution < -0.4 is 14.5 Å². The molecule has 0 fully saturated rings. The number of unbranched alkanes of at least 4 members (excludes halogenated alkanes) is 1. The topological polar surface area (TPSA) is 200 Å². The summed E-state index contributed by atoms with van der Waals surface area (Å²) >= 11 is 2.34. The third-order valence-corrected chi connectivity index (χ3v) is 13.5. The summed E-state index contributed by atoms with van der Waals surface area (Å²) in [6.07, 6.45) is 3.57. The van der Waals surface area contributed by atoms with E-state index < -0.39 is 26.6 Å². The van der Waals surface area contributed by atoms with E-state index in [-0.39, 0.29) is 48.5 Å². The Kier molecular flexibility index (Phi) is 15.2. The van der Waals surface area contributed by atoms with Crippen molar-refractivity contribution in [2.24, 2.45) is 20.5 Å². The van der Waals surface area contributed by atoms with E-state index in [1.165, 1.54) is 35.6 Å². The second-order valence-corrected chi connectivity index (χ2v) is 19.3. The first kappa shape index (κ1) is 48.6. The van der Waals surface area contributed by atoms with Crippen molar-refractivity contribution in [3.63, 3.8) is 0 Å². The Hall–Kier alpha value is -4.90. The number of alkyl halides is 3. The smallest absolute Gasteiger partial charge is 0.406 e. The van der Waals surface area contributed by atoms with Crippen LogP contribution in [0, 0.1) is 0 Å². The third kappa shape index (κ3) is 11.7. The van der Waals surface area contributed by atoms with Crippen LogP contribution in [0.5, 0.6) is 5.75 Å². The molecule has 2 N–H and O–H groups in total. The molecule has 6 aromatic rings. The molecule has 0 aliphatic carbocycles. The molecular formula is C41H41F3N8NiO7S4. The van der Waals surface area contributed by atoms with Crippen molar-refractivity contribution in [1.82, 2.24) is 9.97 Å². The van der Waals surface area contributed by atoms with Crippen LogP contribution in [0.25, 0.3) is 26.5 Å². The van der Waals surface area contributed by atoms with E-state index in [9.17, 15) is 39.1 Å². The molecule has 0 saturated carbocycles. The molecule has 23 heteroatoms. The summed E-state index contributed by atoms with van der Waals surface area (Å²) in [6, 6.07) is 15.8. The van der Waals surface area contributed by atoms with E-state index in [0.717, 1.165) is 108 Å². The zero-order valence-electron chi connectivity index (χ0n) is 34.4. The van der Waals surface area contributed by atoms with E-state index in [1.54, 1.807) is 12.1 Å². The van der Waals surface area contributed by atoms with Crippen LogP contribution in [-0.2, 0) is 49.6 Å². The van der Waals surface area contributed by atoms with Gasteiger partial charge in [0.25, 0.3) is 20.2 Å². The molecule has 0 amide bonds. The Morgan fingerprint density at radius 3 is 1.73 bits per heavy atom. The number of aromatic nitrogens is 2. The van der Waals surface area contributed by atoms with Gasteiger partial charge in [-0.1, -0.05) is 61.2 Å². The van der Waals surface area contributed by atoms with E-state index in [1.807, 2.05) is 37.3 Å². The van der Waals surface area contributed by atoms with Gasteiger partial charge in [-0.05, 0) is 97.8 Å². The van der Waals surface area contributed by atoms with Crippen molar-refractivity contribution in [2.45, 2.75) is 69.0 Å². The van der Waals surface area contributed by atoms with Gasteiger partial charge in [-0.25, -0.2) is 9.97 Å². The normalized spacial score (nSPS) is 14.2. The minimum atomic E-state index is -4.81. The standard InChI is InChI=1S/C21H22N4O3S2.C20H19F3N4O4S2.Ni/c1-3-5-14-6-7-16-19(11-14)29-21(22-16)24-23-17-12-15-8-10-25(9-4-2)18(15)13-20(17)30(26,27)28;1-2-3-7-27-8-6-12-9-15(18(11-16(12)27)33(28,29)30)25-26-19-24-14-5-4-13(10-17(14)32-19)31-20(21,22)23;/h3,5-7,11-13H,4,8-10H2,1-2H3,(H,26,27,28);4-5,9-11H,2-3,6-8H2,1H3,(H,28,29,30);/b5-3+,24-23?;;. The van der Waals surface area contributed by atoms with Gasteiger partial charge in [-0.3, -0.25) is 9.11 Å². The Balaban J connectivity index is 0.000000210. The summed E-state index contributed by atoms with van der Waals surface area (Å²) in [4.78, 5) is 12.2. The Labute approximate surface area is 385 Å². The molecule has 4 aromatic carbocycles. The van der Waals surface area contributed by atoms with Crippen molar-refractivity contribution < 1.29 is 60.3 Å². The van der Waals surface area contributed by atoms with Crippen molar-refractivity contribution >= 4 is 102 Å². The van der Waals surface area contributed by atoms with E-state index in [0.29, 0.717) is 21.8 Å². The molecular weight excluding hydrogens is 960 g/mol. The molecule has 0 unspecified atom stereocenters. The van der Waals surface area contributed by atoms with E-state index >= 15 is 0 Å². The molecule has 342 valence electrons. The summed E-state index contributed by atoms with van der Waals surface area (Å²) in [5.74, 6) is -0.387. The number of hydrogen-bond acceptors (Lipinski definition) is 15. The molecule has 2 aliphatic heterocycles. The zero-order valence-corrected chi connectivity index (χ0v) is 38.6. The minimum Gasteiger partial charge on any atom is -0.406 e. The summed E-state index contributed by atoms with van der Waals surface area (Å²) in [6.45, 7) is 9.27. The fourth-order valence-corrected chi connectivity index (χ4v) is 10.1. The maximum atomic E-state index is 12.4. The quantitative estimate of drug-likeness (QED) is 0.0634. The molecule has 0 bridgehead atoms. The summed E-state index contributed by atoms with van der Waals surface area (Å²) < 4.78 is 110. The number of ether oxygens (including phenoxy) is 1. The van der Waals surface area contributed by atoms with Gasteiger partial charge in [-0.15, -0.1) is 33.6 Å². The number of halogens is 3. The largest absolute Gasteiger partial charge is 0.573 e. The summed E-state index contributed by atoms with van der Waals surface area (Å²) in [5, 5.41) is 16.8. The fourth-order valence-electron chi connectivity index (χ4n) is 7.19. The number of azo groups is 2. The van der Waals surface area contributed by atoms with Gasteiger partial charge in [0, 0.05) is 60.1 Å². The first-order valence-electron chi connectivity index (χ1n) is 19.7. The van der Waals surface area contributed by atoms with Gasteiger partial charge in [0.15, 0.2) is 0 Å². The maximum Gasteiger partial charge on any atom is 0.573 e. The zero-order chi connectivity index (χ0) is 45.1. The van der Waals surface area contributed by atoms with Crippen molar-refractivity contribution in [1.29, 1.82) is 0 Å². The van der Waals surface area contributed by atoms with Crippen molar-refractivity contribution in [2.75, 3.05) is 36.0 Å². The Bertz CT molecular complexity index is 3000. The van der Waals surface area contributed by atoms with Gasteiger partial charge in [0.2, 0.25) is 10.3 Å². The van der Waals surface area contributed by atoms with Gasteiger partial charge < -0.3 is 14.5 Å². The van der Waals surface area contributed by atoms with E-state index in [4.69, 9.17) is 0 Å². The second-order valence-electron chi connectivity index (χ2n) is 14.5. The molecule has 0 radical (unpaired) electrons. The molecule has 2 aromatic heterocycles. The number of thiazole rings is 2. The number of nitrogens with zero attached hydrogens (tertiary/aromatic N) is 8. The fraction of sp³-hybridized carbons (Fsp3) is 0.317. The SMILES string of the molecule is C/C=C/c1ccc2nc(N=Nc3cc4c(cc3S(=O)(=O)O)N(CCC)CC4)sc2c1.CCCCN1CCc2cc(N=Nc3nc4ccc(OC(F)(F)F)cc4s3)c(S(=O)(=O)O)cc21.[Ni]. The Morgan fingerprint density at radius 2 is 1.25 bits per heavy atom. The minimum absolute atomic E-state index is 0. The van der Waals surface area contributed by atoms with Gasteiger partial charge in [0.05, 0.1) is 20.4 Å². The van der Waals surface area contributed by atoms with Crippen LogP contribution >= 0.6 is 22.7 Å². The third-order valence-electron chi connectivity index (χ3n) is 9.96. The maximum absolute atomic E-state index is 12.4. The summed E-state index contributed by atoms with van der Waals surface area (Å²) in [5.41, 5.74) is 5.83. The number of hydrogen-bond donors (Lipinski definition) is 2. The number of fused-ring (bicyclic) bond motifs is 4. The van der Waals surface area contributed by atoms with Crippen molar-refractivity contribution in [3.05, 3.63) is 83.4 Å². The van der Waals surface area contributed by atoms with Gasteiger partial charge >= 0.3 is 6.36 Å². The first-order valence-corrected chi connectivity index (χ1v) is 24.3. The van der Waals surface area contributed by atoms with Gasteiger partial charge in [-0.2, -0.15) is 16.8 Å². The number of anilines is 2. The van der Waals surface area contributed by atoms with Crippen LogP contribution in [0.3, 0.4) is 0 Å². The first-order chi connectivity index (χ1) is 29.9. The molecule has 0 saturated heterocycles. The number of rotatable bonds is 13. The predicted molar refractivity (Wildman–Crippen MR) is 239 cm³/mol. The van der Waals surface area contributed by atoms with Gasteiger partial charge in [0.1, 0.15) is 26.9 Å². The number of benzene rings is 4. The van der Waals surface area contributed by atoms with Crippen LogP contribution in [-0.4, -0.2) is 68.5 Å². The second kappa shape index (κ2) is 20.1. The van der Waals surface area contributed by atoms with Crippen LogP contribution in [0.15, 0.2) is 97.0 Å². The van der Waals surface area contributed by atoms with Crippen LogP contribution in [0.1, 0.15) is 56.7 Å². The van der Waals surface area contributed by atoms with E-state index in [2.05, 4.69) is 58.8 Å². The van der Waals surface area contributed by atoms with Crippen LogP contribution in [0.4, 0.5) is 46.2 Å². The molecule has 4 heterocycles. The average molecular weight is 1000 g/mol. The Morgan fingerprint density at radius 1 is 0.734 bits per heavy atom. The van der Waals surface area contributed by atoms with Crippen LogP contribution in [0.2, 0.25) is 0 Å². The number of allylic oxidation sites excluding steroid dienone is 1. The van der Waals surface area contributed by atoms with Crippen molar-refractivity contribution in [3.8, 4) is 5.75 Å². The average Bonchev–Trinajstić information content (AvgIpc) is 4.01. The predicted octanol–water partition coefficient (Wildman–Crippen LogP) is 11.8. The molecule has 2 aliphatic rings. The molecule has 15 nitrogen and oxygen atoms in total. The molecule has 0 atom stereocenters. The summed E-state index contributed by atoms with van der Waals surface area (Å²) in [7, 11) is -9.01.